The third kappa shape index (κ3) is 7.61. The maximum atomic E-state index is 11.9. The van der Waals surface area contributed by atoms with Gasteiger partial charge in [0.05, 0.1) is 6.61 Å². The highest BCUT2D eigenvalue weighted by Gasteiger charge is 2.04. The fourth-order valence-electron chi connectivity index (χ4n) is 2.23. The summed E-state index contributed by atoms with van der Waals surface area (Å²) in [6.45, 7) is 2.89. The lowest BCUT2D eigenvalue weighted by molar-refractivity contribution is -0.118. The lowest BCUT2D eigenvalue weighted by Gasteiger charge is -2.09. The molecular formula is C20H24BrNO3. The Balaban J connectivity index is 1.70. The zero-order valence-corrected chi connectivity index (χ0v) is 16.1. The molecule has 2 rings (SSSR count). The van der Waals surface area contributed by atoms with Crippen LogP contribution >= 0.6 is 15.9 Å². The molecule has 0 bridgehead atoms. The number of amides is 1. The summed E-state index contributed by atoms with van der Waals surface area (Å²) in [6.07, 6.45) is 4.74. The summed E-state index contributed by atoms with van der Waals surface area (Å²) in [6, 6.07) is 14.8. The van der Waals surface area contributed by atoms with Crippen molar-refractivity contribution >= 4 is 27.5 Å². The number of carbonyl (C=O) groups excluding carboxylic acids is 1. The summed E-state index contributed by atoms with van der Waals surface area (Å²) in [5, 5.41) is 2.81. The van der Waals surface area contributed by atoms with E-state index in [0.717, 1.165) is 28.9 Å². The zero-order valence-electron chi connectivity index (χ0n) is 14.5. The Kier molecular flexibility index (Phi) is 8.32. The average molecular weight is 406 g/mol. The molecule has 0 saturated carbocycles. The largest absolute Gasteiger partial charge is 0.494 e. The molecule has 0 spiro atoms. The Morgan fingerprint density at radius 1 is 0.920 bits per heavy atom. The Hall–Kier alpha value is -2.01. The average Bonchev–Trinajstić information content (AvgIpc) is 2.62. The molecule has 134 valence electrons. The Morgan fingerprint density at radius 2 is 1.56 bits per heavy atom. The van der Waals surface area contributed by atoms with E-state index in [-0.39, 0.29) is 12.5 Å². The molecule has 1 amide bonds. The smallest absolute Gasteiger partial charge is 0.262 e. The van der Waals surface area contributed by atoms with Crippen LogP contribution in [0.5, 0.6) is 11.5 Å². The first-order valence-corrected chi connectivity index (χ1v) is 9.38. The predicted molar refractivity (Wildman–Crippen MR) is 104 cm³/mol. The van der Waals surface area contributed by atoms with E-state index in [2.05, 4.69) is 28.2 Å². The minimum Gasteiger partial charge on any atom is -0.494 e. The molecule has 2 aromatic rings. The molecule has 0 saturated heterocycles. The SMILES string of the molecule is CCCCCCOc1ccc(NC(=O)COc2ccc(Br)cc2)cc1. The maximum Gasteiger partial charge on any atom is 0.262 e. The van der Waals surface area contributed by atoms with Crippen LogP contribution in [0.1, 0.15) is 32.6 Å². The van der Waals surface area contributed by atoms with Gasteiger partial charge in [-0.15, -0.1) is 0 Å². The van der Waals surface area contributed by atoms with Crippen LogP contribution in [-0.2, 0) is 4.79 Å². The van der Waals surface area contributed by atoms with Gasteiger partial charge in [-0.05, 0) is 55.0 Å². The van der Waals surface area contributed by atoms with Crippen molar-refractivity contribution in [3.8, 4) is 11.5 Å². The van der Waals surface area contributed by atoms with E-state index in [1.54, 1.807) is 0 Å². The Morgan fingerprint density at radius 3 is 2.24 bits per heavy atom. The summed E-state index contributed by atoms with van der Waals surface area (Å²) in [4.78, 5) is 11.9. The van der Waals surface area contributed by atoms with Crippen molar-refractivity contribution in [2.24, 2.45) is 0 Å². The maximum absolute atomic E-state index is 11.9. The number of hydrogen-bond acceptors (Lipinski definition) is 3. The highest BCUT2D eigenvalue weighted by Crippen LogP contribution is 2.17. The van der Waals surface area contributed by atoms with Crippen molar-refractivity contribution in [1.82, 2.24) is 0 Å². The number of anilines is 1. The van der Waals surface area contributed by atoms with Crippen LogP contribution in [-0.4, -0.2) is 19.1 Å². The van der Waals surface area contributed by atoms with Gasteiger partial charge < -0.3 is 14.8 Å². The number of benzene rings is 2. The highest BCUT2D eigenvalue weighted by atomic mass is 79.9. The summed E-state index contributed by atoms with van der Waals surface area (Å²) in [7, 11) is 0. The molecule has 1 N–H and O–H groups in total. The van der Waals surface area contributed by atoms with Gasteiger partial charge in [0.25, 0.3) is 5.91 Å². The van der Waals surface area contributed by atoms with Gasteiger partial charge >= 0.3 is 0 Å². The molecule has 0 radical (unpaired) electrons. The second kappa shape index (κ2) is 10.8. The lowest BCUT2D eigenvalue weighted by atomic mass is 10.2. The molecule has 4 nitrogen and oxygen atoms in total. The first-order chi connectivity index (χ1) is 12.2. The van der Waals surface area contributed by atoms with E-state index in [1.165, 1.54) is 19.3 Å². The van der Waals surface area contributed by atoms with E-state index in [0.29, 0.717) is 5.75 Å². The van der Waals surface area contributed by atoms with Crippen LogP contribution < -0.4 is 14.8 Å². The number of ether oxygens (including phenoxy) is 2. The minimum atomic E-state index is -0.198. The van der Waals surface area contributed by atoms with Crippen LogP contribution in [0.3, 0.4) is 0 Å². The quantitative estimate of drug-likeness (QED) is 0.536. The first kappa shape index (κ1) is 19.3. The topological polar surface area (TPSA) is 47.6 Å². The summed E-state index contributed by atoms with van der Waals surface area (Å²) >= 11 is 3.36. The van der Waals surface area contributed by atoms with Crippen LogP contribution in [0, 0.1) is 0 Å². The molecule has 25 heavy (non-hydrogen) atoms. The van der Waals surface area contributed by atoms with Gasteiger partial charge in [0.15, 0.2) is 6.61 Å². The van der Waals surface area contributed by atoms with Gasteiger partial charge in [-0.2, -0.15) is 0 Å². The van der Waals surface area contributed by atoms with E-state index in [9.17, 15) is 4.79 Å². The Bertz CT molecular complexity index is 641. The Labute approximate surface area is 157 Å². The van der Waals surface area contributed by atoms with Gasteiger partial charge in [0.2, 0.25) is 0 Å². The molecule has 0 atom stereocenters. The van der Waals surface area contributed by atoms with Gasteiger partial charge in [-0.25, -0.2) is 0 Å². The van der Waals surface area contributed by atoms with Crippen molar-refractivity contribution in [3.63, 3.8) is 0 Å². The zero-order chi connectivity index (χ0) is 17.9. The van der Waals surface area contributed by atoms with Gasteiger partial charge in [-0.3, -0.25) is 4.79 Å². The van der Waals surface area contributed by atoms with E-state index in [1.807, 2.05) is 48.5 Å². The molecule has 0 heterocycles. The van der Waals surface area contributed by atoms with Gasteiger partial charge in [0.1, 0.15) is 11.5 Å². The van der Waals surface area contributed by atoms with Crippen molar-refractivity contribution in [2.45, 2.75) is 32.6 Å². The molecule has 0 aliphatic heterocycles. The van der Waals surface area contributed by atoms with Crippen molar-refractivity contribution in [1.29, 1.82) is 0 Å². The van der Waals surface area contributed by atoms with E-state index < -0.39 is 0 Å². The third-order valence-corrected chi connectivity index (χ3v) is 4.12. The molecule has 0 unspecified atom stereocenters. The number of hydrogen-bond donors (Lipinski definition) is 1. The fourth-order valence-corrected chi connectivity index (χ4v) is 2.49. The van der Waals surface area contributed by atoms with Crippen molar-refractivity contribution in [2.75, 3.05) is 18.5 Å². The monoisotopic (exact) mass is 405 g/mol. The molecule has 0 aliphatic carbocycles. The number of carbonyl (C=O) groups is 1. The van der Waals surface area contributed by atoms with Crippen molar-refractivity contribution in [3.05, 3.63) is 53.0 Å². The summed E-state index contributed by atoms with van der Waals surface area (Å²) in [5.41, 5.74) is 0.725. The molecule has 0 aromatic heterocycles. The van der Waals surface area contributed by atoms with Gasteiger partial charge in [0, 0.05) is 10.2 Å². The number of halogens is 1. The lowest BCUT2D eigenvalue weighted by Crippen LogP contribution is -2.20. The number of unbranched alkanes of at least 4 members (excludes halogenated alkanes) is 3. The second-order valence-corrected chi connectivity index (χ2v) is 6.64. The molecule has 0 fully saturated rings. The van der Waals surface area contributed by atoms with E-state index in [4.69, 9.17) is 9.47 Å². The minimum absolute atomic E-state index is 0.0304. The van der Waals surface area contributed by atoms with Crippen LogP contribution in [0.4, 0.5) is 5.69 Å². The standard InChI is InChI=1S/C20H24BrNO3/c1-2-3-4-5-14-24-18-12-8-17(9-13-18)22-20(23)15-25-19-10-6-16(21)7-11-19/h6-13H,2-5,14-15H2,1H3,(H,22,23). The summed E-state index contributed by atoms with van der Waals surface area (Å²) < 4.78 is 12.1. The number of rotatable bonds is 10. The highest BCUT2D eigenvalue weighted by molar-refractivity contribution is 9.10. The fraction of sp³-hybridized carbons (Fsp3) is 0.350. The molecule has 2 aromatic carbocycles. The van der Waals surface area contributed by atoms with Crippen molar-refractivity contribution < 1.29 is 14.3 Å². The third-order valence-electron chi connectivity index (χ3n) is 3.59. The van der Waals surface area contributed by atoms with Crippen LogP contribution in [0.25, 0.3) is 0 Å². The van der Waals surface area contributed by atoms with Crippen LogP contribution in [0.15, 0.2) is 53.0 Å². The first-order valence-electron chi connectivity index (χ1n) is 8.58. The molecule has 5 heteroatoms. The number of nitrogens with one attached hydrogen (secondary N) is 1. The molecule has 0 aliphatic rings. The predicted octanol–water partition coefficient (Wildman–Crippen LogP) is 5.43. The van der Waals surface area contributed by atoms with E-state index >= 15 is 0 Å². The van der Waals surface area contributed by atoms with Crippen LogP contribution in [0.2, 0.25) is 0 Å². The summed E-state index contributed by atoms with van der Waals surface area (Å²) in [5.74, 6) is 1.28. The second-order valence-electron chi connectivity index (χ2n) is 5.72. The molecular weight excluding hydrogens is 382 g/mol. The normalized spacial score (nSPS) is 10.3. The van der Waals surface area contributed by atoms with Gasteiger partial charge in [-0.1, -0.05) is 42.1 Å².